The molecule has 0 bridgehead atoms. The van der Waals surface area contributed by atoms with Gasteiger partial charge in [-0.3, -0.25) is 14.3 Å². The second-order valence-electron chi connectivity index (χ2n) is 4.30. The van der Waals surface area contributed by atoms with E-state index in [1.165, 1.54) is 31.2 Å². The molecular weight excluding hydrogens is 282 g/mol. The maximum atomic E-state index is 12.0. The number of anilines is 1. The first-order valence-corrected chi connectivity index (χ1v) is 7.93. The summed E-state index contributed by atoms with van der Waals surface area (Å²) in [6.45, 7) is 3.14. The minimum atomic E-state index is -3.35. The first-order valence-electron chi connectivity index (χ1n) is 6.04. The Labute approximate surface area is 118 Å². The van der Waals surface area contributed by atoms with Crippen LogP contribution in [-0.2, 0) is 19.6 Å². The van der Waals surface area contributed by atoms with Gasteiger partial charge in [0.2, 0.25) is 15.8 Å². The Morgan fingerprint density at radius 3 is 2.25 bits per heavy atom. The van der Waals surface area contributed by atoms with Crippen molar-refractivity contribution in [2.45, 2.75) is 26.4 Å². The van der Waals surface area contributed by atoms with Crippen LogP contribution in [0.2, 0.25) is 0 Å². The Balaban J connectivity index is 2.78. The summed E-state index contributed by atoms with van der Waals surface area (Å²) in [7, 11) is -3.35. The molecule has 0 saturated carbocycles. The van der Waals surface area contributed by atoms with Gasteiger partial charge in [0.15, 0.2) is 6.10 Å². The third-order valence-electron chi connectivity index (χ3n) is 2.44. The zero-order valence-corrected chi connectivity index (χ0v) is 12.4. The predicted molar refractivity (Wildman–Crippen MR) is 75.1 cm³/mol. The average Bonchev–Trinajstić information content (AvgIpc) is 2.36. The van der Waals surface area contributed by atoms with Crippen molar-refractivity contribution < 1.29 is 22.7 Å². The van der Waals surface area contributed by atoms with Crippen LogP contribution in [0.1, 0.15) is 30.6 Å². The van der Waals surface area contributed by atoms with Crippen molar-refractivity contribution in [3.8, 4) is 0 Å². The van der Waals surface area contributed by atoms with Gasteiger partial charge in [-0.25, -0.2) is 8.42 Å². The molecule has 1 atom stereocenters. The van der Waals surface area contributed by atoms with E-state index in [4.69, 9.17) is 4.74 Å². The molecule has 0 unspecified atom stereocenters. The number of hydrogen-bond donors (Lipinski definition) is 1. The van der Waals surface area contributed by atoms with Gasteiger partial charge in [0, 0.05) is 17.7 Å². The molecule has 0 spiro atoms. The number of Topliss-reactive ketones (excluding diaryl/α,β-unsaturated/α-hetero) is 1. The molecular formula is C13H17NO5S. The molecule has 6 nitrogen and oxygen atoms in total. The van der Waals surface area contributed by atoms with Crippen LogP contribution in [0.4, 0.5) is 5.69 Å². The standard InChI is InChI=1S/C13H17NO5S/c1-4-12(15)19-9(2)13(16)10-5-7-11(8-6-10)14-20(3,17)18/h5-9,14H,4H2,1-3H3/t9-/m1/s1. The van der Waals surface area contributed by atoms with E-state index in [9.17, 15) is 18.0 Å². The molecule has 1 N–H and O–H groups in total. The van der Waals surface area contributed by atoms with Gasteiger partial charge in [-0.2, -0.15) is 0 Å². The van der Waals surface area contributed by atoms with Crippen LogP contribution in [0.3, 0.4) is 0 Å². The number of ether oxygens (including phenoxy) is 1. The fourth-order valence-electron chi connectivity index (χ4n) is 1.49. The summed E-state index contributed by atoms with van der Waals surface area (Å²) in [5, 5.41) is 0. The molecule has 0 amide bonds. The van der Waals surface area contributed by atoms with Crippen LogP contribution >= 0.6 is 0 Å². The molecule has 1 aromatic carbocycles. The van der Waals surface area contributed by atoms with Gasteiger partial charge < -0.3 is 4.74 Å². The normalized spacial score (nSPS) is 12.6. The molecule has 0 radical (unpaired) electrons. The molecule has 1 aromatic rings. The predicted octanol–water partition coefficient (Wildman–Crippen LogP) is 1.58. The molecule has 20 heavy (non-hydrogen) atoms. The van der Waals surface area contributed by atoms with E-state index in [0.29, 0.717) is 11.3 Å². The van der Waals surface area contributed by atoms with Crippen molar-refractivity contribution in [2.75, 3.05) is 11.0 Å². The zero-order chi connectivity index (χ0) is 15.3. The molecule has 110 valence electrons. The molecule has 1 rings (SSSR count). The van der Waals surface area contributed by atoms with Crippen molar-refractivity contribution in [1.29, 1.82) is 0 Å². The van der Waals surface area contributed by atoms with E-state index in [-0.39, 0.29) is 12.2 Å². The first kappa shape index (κ1) is 16.2. The summed E-state index contributed by atoms with van der Waals surface area (Å²) in [5.41, 5.74) is 0.711. The van der Waals surface area contributed by atoms with Crippen molar-refractivity contribution >= 4 is 27.5 Å². The van der Waals surface area contributed by atoms with Crippen LogP contribution in [0, 0.1) is 0 Å². The van der Waals surface area contributed by atoms with Gasteiger partial charge in [-0.15, -0.1) is 0 Å². The minimum Gasteiger partial charge on any atom is -0.454 e. The van der Waals surface area contributed by atoms with E-state index in [1.807, 2.05) is 0 Å². The highest BCUT2D eigenvalue weighted by Crippen LogP contribution is 2.13. The summed E-state index contributed by atoms with van der Waals surface area (Å²) in [5.74, 6) is -0.779. The Hall–Kier alpha value is -1.89. The molecule has 0 aromatic heterocycles. The quantitative estimate of drug-likeness (QED) is 0.636. The molecule has 0 saturated heterocycles. The highest BCUT2D eigenvalue weighted by atomic mass is 32.2. The van der Waals surface area contributed by atoms with Crippen LogP contribution < -0.4 is 4.72 Å². The lowest BCUT2D eigenvalue weighted by molar-refractivity contribution is -0.145. The molecule has 0 fully saturated rings. The third kappa shape index (κ3) is 5.00. The number of carbonyl (C=O) groups excluding carboxylic acids is 2. The minimum absolute atomic E-state index is 0.203. The average molecular weight is 299 g/mol. The maximum absolute atomic E-state index is 12.0. The van der Waals surface area contributed by atoms with Crippen molar-refractivity contribution in [2.24, 2.45) is 0 Å². The van der Waals surface area contributed by atoms with E-state index >= 15 is 0 Å². The van der Waals surface area contributed by atoms with E-state index in [1.54, 1.807) is 6.92 Å². The largest absolute Gasteiger partial charge is 0.454 e. The Bertz CT molecular complexity index is 592. The number of ketones is 1. The fraction of sp³-hybridized carbons (Fsp3) is 0.385. The summed E-state index contributed by atoms with van der Waals surface area (Å²) >= 11 is 0. The van der Waals surface area contributed by atoms with E-state index < -0.39 is 22.1 Å². The molecule has 0 aliphatic carbocycles. The number of carbonyl (C=O) groups is 2. The van der Waals surface area contributed by atoms with E-state index in [2.05, 4.69) is 4.72 Å². The summed E-state index contributed by atoms with van der Waals surface area (Å²) < 4.78 is 29.3. The molecule has 0 heterocycles. The molecule has 7 heteroatoms. The second-order valence-corrected chi connectivity index (χ2v) is 6.05. The SMILES string of the molecule is CCC(=O)O[C@H](C)C(=O)c1ccc(NS(C)(=O)=O)cc1. The van der Waals surface area contributed by atoms with E-state index in [0.717, 1.165) is 6.26 Å². The van der Waals surface area contributed by atoms with Crippen LogP contribution in [0.5, 0.6) is 0 Å². The Kier molecular flexibility index (Phi) is 5.26. The lowest BCUT2D eigenvalue weighted by Crippen LogP contribution is -2.24. The van der Waals surface area contributed by atoms with Gasteiger partial charge >= 0.3 is 5.97 Å². The fourth-order valence-corrected chi connectivity index (χ4v) is 2.05. The van der Waals surface area contributed by atoms with Crippen molar-refractivity contribution in [1.82, 2.24) is 0 Å². The third-order valence-corrected chi connectivity index (χ3v) is 3.05. The highest BCUT2D eigenvalue weighted by Gasteiger charge is 2.18. The van der Waals surface area contributed by atoms with Gasteiger partial charge in [-0.1, -0.05) is 6.92 Å². The number of sulfonamides is 1. The Morgan fingerprint density at radius 2 is 1.80 bits per heavy atom. The lowest BCUT2D eigenvalue weighted by atomic mass is 10.1. The second kappa shape index (κ2) is 6.51. The highest BCUT2D eigenvalue weighted by molar-refractivity contribution is 7.92. The van der Waals surface area contributed by atoms with Gasteiger partial charge in [-0.05, 0) is 31.2 Å². The lowest BCUT2D eigenvalue weighted by Gasteiger charge is -2.12. The number of esters is 1. The van der Waals surface area contributed by atoms with Gasteiger partial charge in [0.05, 0.1) is 6.26 Å². The smallest absolute Gasteiger partial charge is 0.306 e. The Morgan fingerprint density at radius 1 is 1.25 bits per heavy atom. The number of nitrogens with one attached hydrogen (secondary N) is 1. The summed E-state index contributed by atoms with van der Waals surface area (Å²) in [4.78, 5) is 23.1. The number of benzene rings is 1. The van der Waals surface area contributed by atoms with Gasteiger partial charge in [0.1, 0.15) is 0 Å². The van der Waals surface area contributed by atoms with Crippen molar-refractivity contribution in [3.63, 3.8) is 0 Å². The van der Waals surface area contributed by atoms with Crippen LogP contribution in [0.25, 0.3) is 0 Å². The maximum Gasteiger partial charge on any atom is 0.306 e. The van der Waals surface area contributed by atoms with Crippen LogP contribution in [0.15, 0.2) is 24.3 Å². The molecule has 0 aliphatic heterocycles. The zero-order valence-electron chi connectivity index (χ0n) is 11.5. The number of rotatable bonds is 6. The van der Waals surface area contributed by atoms with Crippen LogP contribution in [-0.4, -0.2) is 32.5 Å². The number of hydrogen-bond acceptors (Lipinski definition) is 5. The molecule has 0 aliphatic rings. The topological polar surface area (TPSA) is 89.5 Å². The van der Waals surface area contributed by atoms with Gasteiger partial charge in [0.25, 0.3) is 0 Å². The summed E-state index contributed by atoms with van der Waals surface area (Å²) in [6, 6.07) is 5.91. The van der Waals surface area contributed by atoms with Crippen molar-refractivity contribution in [3.05, 3.63) is 29.8 Å². The monoisotopic (exact) mass is 299 g/mol. The summed E-state index contributed by atoms with van der Waals surface area (Å²) in [6.07, 6.45) is 0.379. The first-order chi connectivity index (χ1) is 9.23.